The Kier molecular flexibility index (Phi) is 5.14. The van der Waals surface area contributed by atoms with Gasteiger partial charge in [-0.3, -0.25) is 9.03 Å². The summed E-state index contributed by atoms with van der Waals surface area (Å²) < 4.78 is 1.56. The predicted molar refractivity (Wildman–Crippen MR) is 62.0 cm³/mol. The molecule has 3 N–H and O–H groups in total. The van der Waals surface area contributed by atoms with Gasteiger partial charge in [-0.05, 0) is 11.6 Å². The zero-order valence-electron chi connectivity index (χ0n) is 9.13. The summed E-state index contributed by atoms with van der Waals surface area (Å²) >= 11 is 0. The maximum atomic E-state index is 11.6. The van der Waals surface area contributed by atoms with Crippen LogP contribution in [0.5, 0.6) is 0 Å². The van der Waals surface area contributed by atoms with Crippen molar-refractivity contribution in [1.82, 2.24) is 5.32 Å². The van der Waals surface area contributed by atoms with E-state index in [-0.39, 0.29) is 12.5 Å². The Morgan fingerprint density at radius 1 is 1.65 bits per heavy atom. The van der Waals surface area contributed by atoms with Crippen molar-refractivity contribution in [1.29, 1.82) is 0 Å². The van der Waals surface area contributed by atoms with Crippen LogP contribution < -0.4 is 15.3 Å². The number of carbonyl (C=O) groups excluding carboxylic acids is 1. The lowest BCUT2D eigenvalue weighted by molar-refractivity contribution is -0.531. The van der Waals surface area contributed by atoms with Gasteiger partial charge in [0.15, 0.2) is 11.9 Å². The lowest BCUT2D eigenvalue weighted by Crippen LogP contribution is -2.38. The van der Waals surface area contributed by atoms with Gasteiger partial charge in [0.1, 0.15) is 12.1 Å². The molecule has 0 aliphatic heterocycles. The molecule has 0 unspecified atom stereocenters. The van der Waals surface area contributed by atoms with Crippen molar-refractivity contribution in [3.05, 3.63) is 40.0 Å². The van der Waals surface area contributed by atoms with E-state index in [1.54, 1.807) is 22.6 Å². The third-order valence-electron chi connectivity index (χ3n) is 2.02. The standard InChI is InChI=1S/C9H12N6OSi/c10-3-4-12-9(16)7-1-2-8(5-13-14-11)15(17)6-7/h1-2,6H,3-5,10H2,(H,12,16)/q+1. The van der Waals surface area contributed by atoms with E-state index in [9.17, 15) is 4.79 Å². The molecular formula is C9H12N6OSi+. The van der Waals surface area contributed by atoms with Crippen LogP contribution in [0.15, 0.2) is 23.4 Å². The zero-order chi connectivity index (χ0) is 12.7. The number of hydrogen-bond donors (Lipinski definition) is 2. The number of pyridine rings is 1. The molecule has 0 saturated heterocycles. The lowest BCUT2D eigenvalue weighted by Gasteiger charge is -2.03. The fourth-order valence-corrected chi connectivity index (χ4v) is 1.47. The minimum absolute atomic E-state index is 0.196. The van der Waals surface area contributed by atoms with Gasteiger partial charge >= 0.3 is 10.4 Å². The number of nitrogens with two attached hydrogens (primary N) is 1. The summed E-state index contributed by atoms with van der Waals surface area (Å²) in [7, 11) is 3.30. The summed E-state index contributed by atoms with van der Waals surface area (Å²) in [6.07, 6.45) is 1.60. The molecule has 1 aromatic rings. The molecule has 3 radical (unpaired) electrons. The second-order valence-electron chi connectivity index (χ2n) is 3.21. The van der Waals surface area contributed by atoms with Crippen molar-refractivity contribution in [3.8, 4) is 0 Å². The normalized spacial score (nSPS) is 9.53. The van der Waals surface area contributed by atoms with E-state index >= 15 is 0 Å². The van der Waals surface area contributed by atoms with E-state index in [0.29, 0.717) is 18.7 Å². The molecule has 0 aromatic carbocycles. The Balaban J connectivity index is 2.80. The Labute approximate surface area is 102 Å². The van der Waals surface area contributed by atoms with Gasteiger partial charge in [-0.1, -0.05) is 5.11 Å². The van der Waals surface area contributed by atoms with Crippen LogP contribution >= 0.6 is 0 Å². The molecule has 1 amide bonds. The third kappa shape index (κ3) is 3.87. The monoisotopic (exact) mass is 248 g/mol. The number of nitrogens with zero attached hydrogens (tertiary/aromatic N) is 4. The van der Waals surface area contributed by atoms with Crippen molar-refractivity contribution < 1.29 is 9.03 Å². The highest BCUT2D eigenvalue weighted by molar-refractivity contribution is 5.96. The second-order valence-corrected chi connectivity index (χ2v) is 3.69. The first-order valence-electron chi connectivity index (χ1n) is 4.94. The van der Waals surface area contributed by atoms with Gasteiger partial charge in [0.05, 0.1) is 0 Å². The molecule has 7 nitrogen and oxygen atoms in total. The second kappa shape index (κ2) is 6.64. The van der Waals surface area contributed by atoms with E-state index in [1.807, 2.05) is 0 Å². The van der Waals surface area contributed by atoms with Crippen LogP contribution in [-0.2, 0) is 6.54 Å². The van der Waals surface area contributed by atoms with Gasteiger partial charge in [0, 0.05) is 24.1 Å². The van der Waals surface area contributed by atoms with Crippen LogP contribution in [0.1, 0.15) is 16.1 Å². The fraction of sp³-hybridized carbons (Fsp3) is 0.333. The van der Waals surface area contributed by atoms with Crippen molar-refractivity contribution in [2.45, 2.75) is 6.54 Å². The Morgan fingerprint density at radius 2 is 2.41 bits per heavy atom. The van der Waals surface area contributed by atoms with Crippen LogP contribution in [0.2, 0.25) is 0 Å². The van der Waals surface area contributed by atoms with E-state index < -0.39 is 0 Å². The summed E-state index contributed by atoms with van der Waals surface area (Å²) in [5, 5.41) is 6.10. The molecule has 0 fully saturated rings. The van der Waals surface area contributed by atoms with Crippen LogP contribution in [-0.4, -0.2) is 29.4 Å². The summed E-state index contributed by atoms with van der Waals surface area (Å²) in [5.41, 5.74) is 14.7. The number of carbonyl (C=O) groups is 1. The number of aromatic nitrogens is 1. The summed E-state index contributed by atoms with van der Waals surface area (Å²) in [4.78, 5) is 14.3. The molecule has 1 rings (SSSR count). The van der Waals surface area contributed by atoms with Crippen LogP contribution in [0.3, 0.4) is 0 Å². The highest BCUT2D eigenvalue weighted by atomic mass is 28.2. The van der Waals surface area contributed by atoms with Crippen LogP contribution in [0.25, 0.3) is 10.4 Å². The van der Waals surface area contributed by atoms with E-state index in [1.165, 1.54) is 0 Å². The van der Waals surface area contributed by atoms with Crippen LogP contribution in [0, 0.1) is 0 Å². The topological polar surface area (TPSA) is 108 Å². The highest BCUT2D eigenvalue weighted by Crippen LogP contribution is 1.99. The van der Waals surface area contributed by atoms with Crippen LogP contribution in [0.4, 0.5) is 0 Å². The SMILES string of the molecule is [N-]=[N+]=NCc1ccc(C(=O)NCCN)c[n+]1[Si]. The van der Waals surface area contributed by atoms with Gasteiger partial charge in [0.25, 0.3) is 5.91 Å². The molecule has 0 spiro atoms. The highest BCUT2D eigenvalue weighted by Gasteiger charge is 2.12. The molecule has 0 aliphatic rings. The van der Waals surface area contributed by atoms with Gasteiger partial charge in [0.2, 0.25) is 0 Å². The molecule has 1 aromatic heterocycles. The number of hydrogen-bond acceptors (Lipinski definition) is 3. The maximum absolute atomic E-state index is 11.6. The first-order valence-corrected chi connectivity index (χ1v) is 5.39. The number of rotatable bonds is 5. The molecular weight excluding hydrogens is 236 g/mol. The Bertz CT molecular complexity index is 457. The number of amides is 1. The summed E-state index contributed by atoms with van der Waals surface area (Å²) in [5.74, 6) is -0.196. The van der Waals surface area contributed by atoms with E-state index in [0.717, 1.165) is 5.69 Å². The largest absolute Gasteiger partial charge is 0.557 e. The minimum Gasteiger partial charge on any atom is -0.351 e. The number of nitrogens with one attached hydrogen (secondary N) is 1. The Hall–Kier alpha value is -1.89. The van der Waals surface area contributed by atoms with Crippen molar-refractivity contribution in [2.24, 2.45) is 10.8 Å². The van der Waals surface area contributed by atoms with Gasteiger partial charge < -0.3 is 11.1 Å². The average molecular weight is 248 g/mol. The molecule has 1 heterocycles. The number of azide groups is 1. The summed E-state index contributed by atoms with van der Waals surface area (Å²) in [6.45, 7) is 1.04. The first-order chi connectivity index (χ1) is 8.19. The molecule has 0 aliphatic carbocycles. The van der Waals surface area contributed by atoms with Crippen molar-refractivity contribution in [3.63, 3.8) is 0 Å². The van der Waals surface area contributed by atoms with Crippen molar-refractivity contribution in [2.75, 3.05) is 13.1 Å². The maximum Gasteiger partial charge on any atom is 0.557 e. The molecule has 0 bridgehead atoms. The third-order valence-corrected chi connectivity index (χ3v) is 2.44. The average Bonchev–Trinajstić information content (AvgIpc) is 2.34. The van der Waals surface area contributed by atoms with Gasteiger partial charge in [-0.2, -0.15) is 0 Å². The molecule has 0 atom stereocenters. The molecule has 17 heavy (non-hydrogen) atoms. The van der Waals surface area contributed by atoms with Crippen molar-refractivity contribution >= 4 is 16.3 Å². The fourth-order valence-electron chi connectivity index (χ4n) is 1.19. The molecule has 87 valence electrons. The molecule has 0 saturated carbocycles. The van der Waals surface area contributed by atoms with Gasteiger partial charge in [-0.25, -0.2) is 0 Å². The van der Waals surface area contributed by atoms with E-state index in [2.05, 4.69) is 25.7 Å². The molecule has 8 heteroatoms. The first kappa shape index (κ1) is 13.2. The lowest BCUT2D eigenvalue weighted by atomic mass is 10.2. The van der Waals surface area contributed by atoms with Gasteiger partial charge in [-0.15, -0.1) is 0 Å². The zero-order valence-corrected chi connectivity index (χ0v) is 10.1. The summed E-state index contributed by atoms with van der Waals surface area (Å²) in [6, 6.07) is 3.36. The predicted octanol–water partition coefficient (Wildman–Crippen LogP) is -0.595. The van der Waals surface area contributed by atoms with E-state index in [4.69, 9.17) is 11.3 Å². The smallest absolute Gasteiger partial charge is 0.351 e. The quantitative estimate of drug-likeness (QED) is 0.314. The minimum atomic E-state index is -0.196. The Morgan fingerprint density at radius 3 is 3.00 bits per heavy atom.